The van der Waals surface area contributed by atoms with Crippen LogP contribution in [0.1, 0.15) is 6.42 Å². The van der Waals surface area contributed by atoms with Crippen molar-refractivity contribution >= 4 is 21.6 Å². The Kier molecular flexibility index (Phi) is 4.17. The number of nitrogens with one attached hydrogen (secondary N) is 1. The maximum absolute atomic E-state index is 5.44. The summed E-state index contributed by atoms with van der Waals surface area (Å²) in [5.74, 6) is 0. The van der Waals surface area contributed by atoms with E-state index in [1.165, 1.54) is 0 Å². The SMILES string of the molecule is NCCCNc1cnn(-c2ccccc2Br)c1. The summed E-state index contributed by atoms with van der Waals surface area (Å²) in [5, 5.41) is 7.60. The Morgan fingerprint density at radius 1 is 1.35 bits per heavy atom. The van der Waals surface area contributed by atoms with E-state index in [9.17, 15) is 0 Å². The number of hydrogen-bond acceptors (Lipinski definition) is 3. The lowest BCUT2D eigenvalue weighted by atomic mass is 10.3. The fourth-order valence-electron chi connectivity index (χ4n) is 1.52. The monoisotopic (exact) mass is 294 g/mol. The molecule has 4 nitrogen and oxygen atoms in total. The Morgan fingerprint density at radius 2 is 2.18 bits per heavy atom. The summed E-state index contributed by atoms with van der Waals surface area (Å²) in [6.45, 7) is 1.57. The van der Waals surface area contributed by atoms with Gasteiger partial charge in [0.2, 0.25) is 0 Å². The molecule has 90 valence electrons. The average Bonchev–Trinajstić information content (AvgIpc) is 2.79. The summed E-state index contributed by atoms with van der Waals surface area (Å²) in [6, 6.07) is 7.99. The predicted octanol–water partition coefficient (Wildman–Crippen LogP) is 2.40. The molecule has 0 atom stereocenters. The quantitative estimate of drug-likeness (QED) is 0.833. The van der Waals surface area contributed by atoms with E-state index in [4.69, 9.17) is 5.73 Å². The summed E-state index contributed by atoms with van der Waals surface area (Å²) in [6.07, 6.45) is 4.74. The van der Waals surface area contributed by atoms with E-state index in [1.54, 1.807) is 0 Å². The summed E-state index contributed by atoms with van der Waals surface area (Å²) in [5.41, 5.74) is 7.48. The number of nitrogens with zero attached hydrogens (tertiary/aromatic N) is 2. The van der Waals surface area contributed by atoms with Crippen LogP contribution in [-0.2, 0) is 0 Å². The Labute approximate surface area is 109 Å². The first kappa shape index (κ1) is 12.1. The Balaban J connectivity index is 2.10. The van der Waals surface area contributed by atoms with Crippen LogP contribution in [0.25, 0.3) is 5.69 Å². The van der Waals surface area contributed by atoms with Crippen molar-refractivity contribution < 1.29 is 0 Å². The molecule has 0 fully saturated rings. The number of halogens is 1. The lowest BCUT2D eigenvalue weighted by molar-refractivity contribution is 0.871. The van der Waals surface area contributed by atoms with Gasteiger partial charge in [-0.25, -0.2) is 4.68 Å². The van der Waals surface area contributed by atoms with Gasteiger partial charge in [0, 0.05) is 11.0 Å². The molecule has 0 saturated heterocycles. The highest BCUT2D eigenvalue weighted by Crippen LogP contribution is 2.20. The number of aromatic nitrogens is 2. The Bertz CT molecular complexity index is 481. The van der Waals surface area contributed by atoms with Crippen molar-refractivity contribution in [3.05, 3.63) is 41.1 Å². The molecule has 3 N–H and O–H groups in total. The molecule has 1 heterocycles. The van der Waals surface area contributed by atoms with Gasteiger partial charge in [-0.3, -0.25) is 0 Å². The molecule has 1 aromatic carbocycles. The molecule has 0 saturated carbocycles. The van der Waals surface area contributed by atoms with E-state index in [-0.39, 0.29) is 0 Å². The molecule has 0 aliphatic rings. The van der Waals surface area contributed by atoms with Crippen LogP contribution in [0.15, 0.2) is 41.1 Å². The van der Waals surface area contributed by atoms with Crippen molar-refractivity contribution in [1.29, 1.82) is 0 Å². The van der Waals surface area contributed by atoms with E-state index in [1.807, 2.05) is 41.3 Å². The van der Waals surface area contributed by atoms with Gasteiger partial charge in [0.1, 0.15) is 0 Å². The molecule has 0 radical (unpaired) electrons. The Morgan fingerprint density at radius 3 is 2.94 bits per heavy atom. The van der Waals surface area contributed by atoms with Crippen LogP contribution in [0.4, 0.5) is 5.69 Å². The second kappa shape index (κ2) is 5.84. The molecule has 0 spiro atoms. The summed E-state index contributed by atoms with van der Waals surface area (Å²) >= 11 is 3.51. The van der Waals surface area contributed by atoms with Gasteiger partial charge >= 0.3 is 0 Å². The van der Waals surface area contributed by atoms with E-state index >= 15 is 0 Å². The smallest absolute Gasteiger partial charge is 0.0788 e. The maximum atomic E-state index is 5.44. The summed E-state index contributed by atoms with van der Waals surface area (Å²) in [4.78, 5) is 0. The molecule has 2 aromatic rings. The van der Waals surface area contributed by atoms with Crippen molar-refractivity contribution in [2.24, 2.45) is 5.73 Å². The number of nitrogens with two attached hydrogens (primary N) is 1. The zero-order valence-corrected chi connectivity index (χ0v) is 11.0. The molecule has 1 aromatic heterocycles. The van der Waals surface area contributed by atoms with Crippen LogP contribution in [0.5, 0.6) is 0 Å². The van der Waals surface area contributed by atoms with Crippen molar-refractivity contribution in [3.8, 4) is 5.69 Å². The molecule has 0 unspecified atom stereocenters. The average molecular weight is 295 g/mol. The third-order valence-corrected chi connectivity index (χ3v) is 3.06. The lowest BCUT2D eigenvalue weighted by Gasteiger charge is -2.03. The van der Waals surface area contributed by atoms with Crippen molar-refractivity contribution in [2.75, 3.05) is 18.4 Å². The van der Waals surface area contributed by atoms with Crippen molar-refractivity contribution in [3.63, 3.8) is 0 Å². The first-order valence-electron chi connectivity index (χ1n) is 5.55. The van der Waals surface area contributed by atoms with Crippen molar-refractivity contribution in [2.45, 2.75) is 6.42 Å². The number of hydrogen-bond donors (Lipinski definition) is 2. The van der Waals surface area contributed by atoms with Crippen molar-refractivity contribution in [1.82, 2.24) is 9.78 Å². The normalized spacial score (nSPS) is 10.5. The molecule has 17 heavy (non-hydrogen) atoms. The highest BCUT2D eigenvalue weighted by molar-refractivity contribution is 9.10. The first-order chi connectivity index (χ1) is 8.31. The van der Waals surface area contributed by atoms with Crippen LogP contribution >= 0.6 is 15.9 Å². The van der Waals surface area contributed by atoms with E-state index in [2.05, 4.69) is 26.3 Å². The van der Waals surface area contributed by atoms with Crippen LogP contribution in [-0.4, -0.2) is 22.9 Å². The number of para-hydroxylation sites is 1. The molecule has 0 bridgehead atoms. The molecule has 5 heteroatoms. The van der Waals surface area contributed by atoms with Gasteiger partial charge in [-0.05, 0) is 41.0 Å². The zero-order chi connectivity index (χ0) is 12.1. The predicted molar refractivity (Wildman–Crippen MR) is 73.4 cm³/mol. The van der Waals surface area contributed by atoms with Crippen LogP contribution in [0.3, 0.4) is 0 Å². The summed E-state index contributed by atoms with van der Waals surface area (Å²) in [7, 11) is 0. The van der Waals surface area contributed by atoms with Crippen LogP contribution in [0.2, 0.25) is 0 Å². The van der Waals surface area contributed by atoms with Gasteiger partial charge in [0.25, 0.3) is 0 Å². The lowest BCUT2D eigenvalue weighted by Crippen LogP contribution is -2.07. The molecular weight excluding hydrogens is 280 g/mol. The standard InChI is InChI=1S/C12H15BrN4/c13-11-4-1-2-5-12(11)17-9-10(8-16-17)15-7-3-6-14/h1-2,4-5,8-9,15H,3,6-7,14H2. The second-order valence-corrected chi connectivity index (χ2v) is 4.55. The van der Waals surface area contributed by atoms with Gasteiger partial charge in [-0.2, -0.15) is 5.10 Å². The minimum absolute atomic E-state index is 0.700. The molecular formula is C12H15BrN4. The molecule has 2 rings (SSSR count). The maximum Gasteiger partial charge on any atom is 0.0788 e. The minimum Gasteiger partial charge on any atom is -0.382 e. The molecule has 0 aliphatic carbocycles. The number of anilines is 1. The minimum atomic E-state index is 0.700. The number of benzene rings is 1. The molecule has 0 amide bonds. The third-order valence-electron chi connectivity index (χ3n) is 2.39. The summed E-state index contributed by atoms with van der Waals surface area (Å²) < 4.78 is 2.87. The third kappa shape index (κ3) is 3.08. The highest BCUT2D eigenvalue weighted by Gasteiger charge is 2.03. The zero-order valence-electron chi connectivity index (χ0n) is 9.44. The van der Waals surface area contributed by atoms with E-state index in [0.717, 1.165) is 28.8 Å². The largest absolute Gasteiger partial charge is 0.382 e. The van der Waals surface area contributed by atoms with Gasteiger partial charge in [-0.15, -0.1) is 0 Å². The van der Waals surface area contributed by atoms with Gasteiger partial charge in [-0.1, -0.05) is 12.1 Å². The van der Waals surface area contributed by atoms with E-state index < -0.39 is 0 Å². The highest BCUT2D eigenvalue weighted by atomic mass is 79.9. The fraction of sp³-hybridized carbons (Fsp3) is 0.250. The van der Waals surface area contributed by atoms with Crippen LogP contribution < -0.4 is 11.1 Å². The van der Waals surface area contributed by atoms with E-state index in [0.29, 0.717) is 6.54 Å². The first-order valence-corrected chi connectivity index (χ1v) is 6.34. The van der Waals surface area contributed by atoms with Gasteiger partial charge in [0.15, 0.2) is 0 Å². The Hall–Kier alpha value is -1.33. The second-order valence-electron chi connectivity index (χ2n) is 3.69. The fourth-order valence-corrected chi connectivity index (χ4v) is 1.98. The molecule has 0 aliphatic heterocycles. The topological polar surface area (TPSA) is 55.9 Å². The number of rotatable bonds is 5. The van der Waals surface area contributed by atoms with Gasteiger partial charge in [0.05, 0.1) is 23.8 Å². The van der Waals surface area contributed by atoms with Crippen LogP contribution in [0, 0.1) is 0 Å². The van der Waals surface area contributed by atoms with Gasteiger partial charge < -0.3 is 11.1 Å².